The van der Waals surface area contributed by atoms with E-state index in [4.69, 9.17) is 0 Å². The fourth-order valence-corrected chi connectivity index (χ4v) is 2.92. The number of rotatable bonds is 2. The van der Waals surface area contributed by atoms with Crippen LogP contribution in [0.2, 0.25) is 0 Å². The molecule has 1 saturated heterocycles. The van der Waals surface area contributed by atoms with E-state index in [9.17, 15) is 14.0 Å². The van der Waals surface area contributed by atoms with E-state index in [1.807, 2.05) is 0 Å². The zero-order chi connectivity index (χ0) is 15.9. The number of pyridine rings is 1. The van der Waals surface area contributed by atoms with Gasteiger partial charge in [-0.15, -0.1) is 0 Å². The molecule has 1 aromatic carbocycles. The Bertz CT molecular complexity index is 780. The molecule has 1 amide bonds. The van der Waals surface area contributed by atoms with Gasteiger partial charge in [0.2, 0.25) is 0 Å². The molecule has 3 rings (SSSR count). The largest absolute Gasteiger partial charge is 0.331 e. The van der Waals surface area contributed by atoms with E-state index >= 15 is 0 Å². The molecule has 1 unspecified atom stereocenters. The topological polar surface area (TPSA) is 53.2 Å². The zero-order valence-electron chi connectivity index (χ0n) is 12.5. The molecule has 0 bridgehead atoms. The molecule has 1 atom stereocenters. The third kappa shape index (κ3) is 2.43. The van der Waals surface area contributed by atoms with E-state index in [1.165, 1.54) is 12.1 Å². The summed E-state index contributed by atoms with van der Waals surface area (Å²) in [5, 5.41) is 0. The standard InChI is InChI=1S/C17H17FN2O2/c1-10-9-11(2)19-16(21)15(10)17(22)20-8-7-14(20)12-3-5-13(18)6-4-12/h3-6,9,14H,7-8H2,1-2H3,(H,19,21). The minimum atomic E-state index is -0.354. The van der Waals surface area contributed by atoms with Crippen LogP contribution >= 0.6 is 0 Å². The first-order chi connectivity index (χ1) is 10.5. The van der Waals surface area contributed by atoms with Gasteiger partial charge >= 0.3 is 0 Å². The summed E-state index contributed by atoms with van der Waals surface area (Å²) in [6.45, 7) is 4.16. The Morgan fingerprint density at radius 3 is 2.50 bits per heavy atom. The number of nitrogens with one attached hydrogen (secondary N) is 1. The molecular formula is C17H17FN2O2. The van der Waals surface area contributed by atoms with Gasteiger partial charge in [0.1, 0.15) is 11.4 Å². The van der Waals surface area contributed by atoms with E-state index < -0.39 is 0 Å². The Morgan fingerprint density at radius 1 is 1.27 bits per heavy atom. The van der Waals surface area contributed by atoms with Crippen molar-refractivity contribution in [3.8, 4) is 0 Å². The summed E-state index contributed by atoms with van der Waals surface area (Å²) >= 11 is 0. The number of aromatic amines is 1. The first-order valence-electron chi connectivity index (χ1n) is 7.24. The number of aryl methyl sites for hydroxylation is 2. The third-order valence-corrected chi connectivity index (χ3v) is 4.11. The predicted molar refractivity (Wildman–Crippen MR) is 81.3 cm³/mol. The minimum Gasteiger partial charge on any atom is -0.331 e. The number of hydrogen-bond donors (Lipinski definition) is 1. The van der Waals surface area contributed by atoms with Crippen molar-refractivity contribution in [2.24, 2.45) is 0 Å². The molecule has 1 aliphatic heterocycles. The minimum absolute atomic E-state index is 0.0896. The van der Waals surface area contributed by atoms with Gasteiger partial charge in [0.25, 0.3) is 11.5 Å². The lowest BCUT2D eigenvalue weighted by Crippen LogP contribution is -2.47. The second kappa shape index (κ2) is 5.40. The van der Waals surface area contributed by atoms with Crippen molar-refractivity contribution in [3.63, 3.8) is 0 Å². The monoisotopic (exact) mass is 300 g/mol. The van der Waals surface area contributed by atoms with Crippen molar-refractivity contribution in [2.75, 3.05) is 6.54 Å². The lowest BCUT2D eigenvalue weighted by molar-refractivity contribution is 0.0457. The maximum Gasteiger partial charge on any atom is 0.261 e. The zero-order valence-corrected chi connectivity index (χ0v) is 12.5. The fourth-order valence-electron chi connectivity index (χ4n) is 2.92. The third-order valence-electron chi connectivity index (χ3n) is 4.11. The number of amides is 1. The molecule has 1 aliphatic rings. The highest BCUT2D eigenvalue weighted by molar-refractivity contribution is 5.96. The van der Waals surface area contributed by atoms with Gasteiger partial charge < -0.3 is 9.88 Å². The number of hydrogen-bond acceptors (Lipinski definition) is 2. The molecule has 2 heterocycles. The molecule has 22 heavy (non-hydrogen) atoms. The summed E-state index contributed by atoms with van der Waals surface area (Å²) in [5.74, 6) is -0.564. The molecule has 2 aromatic rings. The van der Waals surface area contributed by atoms with Crippen LogP contribution in [-0.2, 0) is 0 Å². The van der Waals surface area contributed by atoms with Crippen molar-refractivity contribution in [1.29, 1.82) is 0 Å². The SMILES string of the molecule is Cc1cc(C)c(C(=O)N2CCC2c2ccc(F)cc2)c(=O)[nH]1. The van der Waals surface area contributed by atoms with Crippen molar-refractivity contribution in [3.05, 3.63) is 68.9 Å². The summed E-state index contributed by atoms with van der Waals surface area (Å²) in [6, 6.07) is 7.85. The highest BCUT2D eigenvalue weighted by Gasteiger charge is 2.35. The number of aromatic nitrogens is 1. The van der Waals surface area contributed by atoms with Crippen LogP contribution in [0.3, 0.4) is 0 Å². The van der Waals surface area contributed by atoms with E-state index in [0.29, 0.717) is 12.1 Å². The van der Waals surface area contributed by atoms with Crippen molar-refractivity contribution in [2.45, 2.75) is 26.3 Å². The number of nitrogens with zero attached hydrogens (tertiary/aromatic N) is 1. The summed E-state index contributed by atoms with van der Waals surface area (Å²) in [5.41, 5.74) is 2.14. The molecule has 1 N–H and O–H groups in total. The maximum absolute atomic E-state index is 13.0. The fraction of sp³-hybridized carbons (Fsp3) is 0.294. The van der Waals surface area contributed by atoms with Gasteiger partial charge in [0.15, 0.2) is 0 Å². The van der Waals surface area contributed by atoms with Crippen molar-refractivity contribution < 1.29 is 9.18 Å². The summed E-state index contributed by atoms with van der Waals surface area (Å²) < 4.78 is 13.0. The Balaban J connectivity index is 1.90. The van der Waals surface area contributed by atoms with Gasteiger partial charge in [-0.25, -0.2) is 4.39 Å². The van der Waals surface area contributed by atoms with Crippen LogP contribution in [0.1, 0.15) is 39.6 Å². The van der Waals surface area contributed by atoms with Gasteiger partial charge in [-0.1, -0.05) is 12.1 Å². The van der Waals surface area contributed by atoms with Crippen LogP contribution in [0.15, 0.2) is 35.1 Å². The first-order valence-corrected chi connectivity index (χ1v) is 7.24. The Labute approximate surface area is 127 Å². The highest BCUT2D eigenvalue weighted by Crippen LogP contribution is 2.34. The Morgan fingerprint density at radius 2 is 1.95 bits per heavy atom. The van der Waals surface area contributed by atoms with Gasteiger partial charge in [-0.2, -0.15) is 0 Å². The van der Waals surface area contributed by atoms with E-state index in [0.717, 1.165) is 17.7 Å². The molecular weight excluding hydrogens is 283 g/mol. The van der Waals surface area contributed by atoms with Gasteiger partial charge in [0, 0.05) is 12.2 Å². The van der Waals surface area contributed by atoms with Crippen LogP contribution in [-0.4, -0.2) is 22.3 Å². The number of carbonyl (C=O) groups is 1. The summed E-state index contributed by atoms with van der Waals surface area (Å²) in [6.07, 6.45) is 0.820. The van der Waals surface area contributed by atoms with Crippen molar-refractivity contribution >= 4 is 5.91 Å². The van der Waals surface area contributed by atoms with Gasteiger partial charge in [0.05, 0.1) is 6.04 Å². The molecule has 0 spiro atoms. The lowest BCUT2D eigenvalue weighted by Gasteiger charge is -2.41. The molecule has 5 heteroatoms. The lowest BCUT2D eigenvalue weighted by atomic mass is 9.93. The second-order valence-corrected chi connectivity index (χ2v) is 5.69. The van der Waals surface area contributed by atoms with Crippen LogP contribution in [0, 0.1) is 19.7 Å². The van der Waals surface area contributed by atoms with E-state index in [1.54, 1.807) is 36.9 Å². The van der Waals surface area contributed by atoms with E-state index in [-0.39, 0.29) is 28.9 Å². The Hall–Kier alpha value is -2.43. The van der Waals surface area contributed by atoms with Crippen LogP contribution in [0.4, 0.5) is 4.39 Å². The number of benzene rings is 1. The van der Waals surface area contributed by atoms with Crippen LogP contribution in [0.25, 0.3) is 0 Å². The van der Waals surface area contributed by atoms with Crippen molar-refractivity contribution in [1.82, 2.24) is 9.88 Å². The second-order valence-electron chi connectivity index (χ2n) is 5.69. The maximum atomic E-state index is 13.0. The number of carbonyl (C=O) groups excluding carboxylic acids is 1. The summed E-state index contributed by atoms with van der Waals surface area (Å²) in [7, 11) is 0. The number of H-pyrrole nitrogens is 1. The van der Waals surface area contributed by atoms with Crippen LogP contribution in [0.5, 0.6) is 0 Å². The molecule has 1 fully saturated rings. The smallest absolute Gasteiger partial charge is 0.261 e. The molecule has 0 radical (unpaired) electrons. The van der Waals surface area contributed by atoms with Gasteiger partial charge in [-0.3, -0.25) is 9.59 Å². The average molecular weight is 300 g/mol. The molecule has 0 saturated carbocycles. The normalized spacial score (nSPS) is 17.2. The van der Waals surface area contributed by atoms with Gasteiger partial charge in [-0.05, 0) is 49.6 Å². The quantitative estimate of drug-likeness (QED) is 0.927. The first kappa shape index (κ1) is 14.5. The number of likely N-dealkylation sites (tertiary alicyclic amines) is 1. The molecule has 0 aliphatic carbocycles. The Kier molecular flexibility index (Phi) is 3.56. The predicted octanol–water partition coefficient (Wildman–Crippen LogP) is 2.72. The van der Waals surface area contributed by atoms with E-state index in [2.05, 4.69) is 4.98 Å². The average Bonchev–Trinajstić information content (AvgIpc) is 2.38. The molecule has 1 aromatic heterocycles. The number of halogens is 1. The summed E-state index contributed by atoms with van der Waals surface area (Å²) in [4.78, 5) is 29.1. The van der Waals surface area contributed by atoms with Crippen LogP contribution < -0.4 is 5.56 Å². The highest BCUT2D eigenvalue weighted by atomic mass is 19.1. The molecule has 4 nitrogen and oxygen atoms in total. The molecule has 114 valence electrons.